The number of piperidine rings is 1. The number of carbonyl (C=O) groups is 2. The van der Waals surface area contributed by atoms with Crippen LogP contribution in [0.1, 0.15) is 40.9 Å². The minimum absolute atomic E-state index is 0.0347. The minimum Gasteiger partial charge on any atom is -0.445 e. The van der Waals surface area contributed by atoms with Crippen LogP contribution >= 0.6 is 0 Å². The molecule has 0 bridgehead atoms. The first-order chi connectivity index (χ1) is 23.0. The minimum atomic E-state index is -0.235. The van der Waals surface area contributed by atoms with Crippen LogP contribution in [-0.2, 0) is 29.2 Å². The summed E-state index contributed by atoms with van der Waals surface area (Å²) in [4.78, 5) is 34.3. The number of benzene rings is 3. The highest BCUT2D eigenvalue weighted by Crippen LogP contribution is 2.33. The van der Waals surface area contributed by atoms with E-state index in [2.05, 4.69) is 44.6 Å². The van der Waals surface area contributed by atoms with E-state index in [1.165, 1.54) is 0 Å². The van der Waals surface area contributed by atoms with E-state index in [0.717, 1.165) is 59.0 Å². The van der Waals surface area contributed by atoms with Crippen LogP contribution in [0.2, 0.25) is 0 Å². The zero-order valence-corrected chi connectivity index (χ0v) is 27.3. The fourth-order valence-corrected chi connectivity index (χ4v) is 6.38. The molecule has 1 fully saturated rings. The Bertz CT molecular complexity index is 1780. The van der Waals surface area contributed by atoms with Crippen LogP contribution in [0.3, 0.4) is 0 Å². The predicted molar refractivity (Wildman–Crippen MR) is 183 cm³/mol. The maximum Gasteiger partial charge on any atom is 0.410 e. The van der Waals surface area contributed by atoms with Crippen LogP contribution in [0.15, 0.2) is 97.7 Å². The summed E-state index contributed by atoms with van der Waals surface area (Å²) < 4.78 is 15.1. The number of likely N-dealkylation sites (N-methyl/N-ethyl adjacent to an activating group) is 1. The molecule has 1 saturated heterocycles. The van der Waals surface area contributed by atoms with Gasteiger partial charge in [-0.15, -0.1) is 0 Å². The van der Waals surface area contributed by atoms with Gasteiger partial charge in [0.1, 0.15) is 6.61 Å². The molecule has 47 heavy (non-hydrogen) atoms. The first kappa shape index (κ1) is 32.1. The Morgan fingerprint density at radius 2 is 1.70 bits per heavy atom. The van der Waals surface area contributed by atoms with Crippen molar-refractivity contribution in [2.75, 3.05) is 40.4 Å². The van der Waals surface area contributed by atoms with Gasteiger partial charge < -0.3 is 28.4 Å². The number of aryl methyl sites for hydroxylation is 1. The van der Waals surface area contributed by atoms with Crippen molar-refractivity contribution in [1.29, 1.82) is 0 Å². The summed E-state index contributed by atoms with van der Waals surface area (Å²) in [6, 6.07) is 24.3. The maximum absolute atomic E-state index is 13.7. The number of ether oxygens (including phenoxy) is 2. The summed E-state index contributed by atoms with van der Waals surface area (Å²) in [5.74, 6) is 0.493. The molecule has 244 valence electrons. The molecule has 3 aromatic carbocycles. The highest BCUT2D eigenvalue weighted by Gasteiger charge is 2.24. The highest BCUT2D eigenvalue weighted by atomic mass is 16.6. The molecule has 6 rings (SSSR count). The van der Waals surface area contributed by atoms with Crippen LogP contribution in [0.5, 0.6) is 0 Å². The summed E-state index contributed by atoms with van der Waals surface area (Å²) >= 11 is 0. The molecule has 0 aliphatic carbocycles. The van der Waals surface area contributed by atoms with Gasteiger partial charge in [-0.1, -0.05) is 72.8 Å². The quantitative estimate of drug-likeness (QED) is 0.153. The third-order valence-corrected chi connectivity index (χ3v) is 9.17. The average Bonchev–Trinajstić information content (AvgIpc) is 3.75. The largest absolute Gasteiger partial charge is 0.445 e. The molecule has 1 aliphatic rings. The molecule has 0 saturated carbocycles. The molecule has 2 aromatic heterocycles. The van der Waals surface area contributed by atoms with Gasteiger partial charge in [-0.2, -0.15) is 0 Å². The number of methoxy groups -OCH3 is 1. The molecule has 9 heteroatoms. The van der Waals surface area contributed by atoms with Crippen LogP contribution < -0.4 is 0 Å². The van der Waals surface area contributed by atoms with E-state index in [9.17, 15) is 9.59 Å². The summed E-state index contributed by atoms with van der Waals surface area (Å²) in [5, 5.41) is 2.25. The van der Waals surface area contributed by atoms with Crippen LogP contribution in [-0.4, -0.2) is 76.3 Å². The Hall–Kier alpha value is -4.89. The number of aromatic nitrogens is 3. The van der Waals surface area contributed by atoms with Crippen molar-refractivity contribution in [3.8, 4) is 11.1 Å². The molecular weight excluding hydrogens is 590 g/mol. The number of hydrogen-bond donors (Lipinski definition) is 0. The van der Waals surface area contributed by atoms with E-state index in [1.54, 1.807) is 12.0 Å². The number of carbonyl (C=O) groups excluding carboxylic acids is 2. The normalized spacial score (nSPS) is 13.6. The summed E-state index contributed by atoms with van der Waals surface area (Å²) in [7, 11) is 3.46. The van der Waals surface area contributed by atoms with E-state index in [4.69, 9.17) is 9.47 Å². The van der Waals surface area contributed by atoms with Gasteiger partial charge in [0.05, 0.1) is 30.7 Å². The number of rotatable bonds is 12. The average molecular weight is 634 g/mol. The Morgan fingerprint density at radius 3 is 2.51 bits per heavy atom. The van der Waals surface area contributed by atoms with Crippen LogP contribution in [0.4, 0.5) is 4.79 Å². The van der Waals surface area contributed by atoms with E-state index >= 15 is 0 Å². The Balaban J connectivity index is 1.11. The Kier molecular flexibility index (Phi) is 10.3. The van der Waals surface area contributed by atoms with Gasteiger partial charge in [-0.25, -0.2) is 9.78 Å². The molecule has 9 nitrogen and oxygen atoms in total. The second-order valence-electron chi connectivity index (χ2n) is 12.3. The van der Waals surface area contributed by atoms with E-state index in [0.29, 0.717) is 50.9 Å². The number of likely N-dealkylation sites (tertiary alicyclic amines) is 1. The van der Waals surface area contributed by atoms with Crippen molar-refractivity contribution in [3.05, 3.63) is 115 Å². The molecule has 0 unspecified atom stereocenters. The van der Waals surface area contributed by atoms with Gasteiger partial charge in [-0.05, 0) is 47.1 Å². The third kappa shape index (κ3) is 7.74. The van der Waals surface area contributed by atoms with E-state index < -0.39 is 0 Å². The topological polar surface area (TPSA) is 81.8 Å². The number of amides is 2. The van der Waals surface area contributed by atoms with Gasteiger partial charge in [0.25, 0.3) is 5.91 Å². The molecular formula is C38H43N5O4. The van der Waals surface area contributed by atoms with Crippen molar-refractivity contribution >= 4 is 22.8 Å². The van der Waals surface area contributed by atoms with Crippen LogP contribution in [0.25, 0.3) is 21.9 Å². The molecule has 0 spiro atoms. The fraction of sp³-hybridized carbons (Fsp3) is 0.342. The third-order valence-electron chi connectivity index (χ3n) is 9.17. The molecule has 5 aromatic rings. The van der Waals surface area contributed by atoms with E-state index in [-0.39, 0.29) is 12.0 Å². The lowest BCUT2D eigenvalue weighted by molar-refractivity contribution is 0.0744. The van der Waals surface area contributed by atoms with Gasteiger partial charge in [-0.3, -0.25) is 4.79 Å². The number of nitrogens with zero attached hydrogens (tertiary/aromatic N) is 5. The standard InChI is InChI=1S/C38H43N5O4/c1-40(21-22-46-2)37(44)36-26-41(25-35(36)34-14-8-12-31-11-6-7-13-33(31)34)24-32-23-39-28-43(32)20-17-29-15-18-42(19-16-29)38(45)47-27-30-9-4-3-5-10-30/h3-14,23,25-26,28-29H,15-22,24,27H2,1-2H3. The lowest BCUT2D eigenvalue weighted by atomic mass is 9.94. The second kappa shape index (κ2) is 15.1. The van der Waals surface area contributed by atoms with Gasteiger partial charge in [0, 0.05) is 64.5 Å². The molecule has 2 amide bonds. The first-order valence-corrected chi connectivity index (χ1v) is 16.4. The van der Waals surface area contributed by atoms with Crippen molar-refractivity contribution in [2.24, 2.45) is 5.92 Å². The zero-order valence-electron chi connectivity index (χ0n) is 27.3. The van der Waals surface area contributed by atoms with Crippen molar-refractivity contribution in [1.82, 2.24) is 23.9 Å². The Morgan fingerprint density at radius 1 is 0.936 bits per heavy atom. The van der Waals surface area contributed by atoms with Crippen LogP contribution in [0, 0.1) is 5.92 Å². The fourth-order valence-electron chi connectivity index (χ4n) is 6.38. The van der Waals surface area contributed by atoms with Crippen molar-refractivity contribution in [3.63, 3.8) is 0 Å². The molecule has 0 atom stereocenters. The smallest absolute Gasteiger partial charge is 0.410 e. The predicted octanol–water partition coefficient (Wildman–Crippen LogP) is 6.71. The zero-order chi connectivity index (χ0) is 32.6. The van der Waals surface area contributed by atoms with Crippen molar-refractivity contribution < 1.29 is 19.1 Å². The summed E-state index contributed by atoms with van der Waals surface area (Å²) in [6.07, 6.45) is 10.5. The van der Waals surface area contributed by atoms with Gasteiger partial charge in [0.2, 0.25) is 0 Å². The molecule has 0 radical (unpaired) electrons. The molecule has 0 N–H and O–H groups in total. The summed E-state index contributed by atoms with van der Waals surface area (Å²) in [6.45, 7) is 4.16. The van der Waals surface area contributed by atoms with Gasteiger partial charge >= 0.3 is 6.09 Å². The second-order valence-corrected chi connectivity index (χ2v) is 12.3. The van der Waals surface area contributed by atoms with Gasteiger partial charge in [0.15, 0.2) is 0 Å². The number of hydrogen-bond acceptors (Lipinski definition) is 5. The highest BCUT2D eigenvalue weighted by molar-refractivity contribution is 6.06. The lowest BCUT2D eigenvalue weighted by Gasteiger charge is -2.31. The monoisotopic (exact) mass is 633 g/mol. The Labute approximate surface area is 276 Å². The SMILES string of the molecule is COCCN(C)C(=O)c1cn(Cc2cncn2CCC2CCN(C(=O)OCc3ccccc3)CC2)cc1-c1cccc2ccccc12. The maximum atomic E-state index is 13.7. The van der Waals surface area contributed by atoms with Crippen molar-refractivity contribution in [2.45, 2.75) is 39.0 Å². The summed E-state index contributed by atoms with van der Waals surface area (Å²) in [5.41, 5.74) is 4.69. The molecule has 3 heterocycles. The number of imidazole rings is 1. The molecule has 1 aliphatic heterocycles. The lowest BCUT2D eigenvalue weighted by Crippen LogP contribution is -2.39. The number of fused-ring (bicyclic) bond motifs is 1. The van der Waals surface area contributed by atoms with E-state index in [1.807, 2.05) is 79.2 Å². The first-order valence-electron chi connectivity index (χ1n) is 16.4.